The van der Waals surface area contributed by atoms with Crippen LogP contribution in [0.4, 0.5) is 5.69 Å². The van der Waals surface area contributed by atoms with Gasteiger partial charge in [-0.25, -0.2) is 0 Å². The van der Waals surface area contributed by atoms with Gasteiger partial charge in [-0.1, -0.05) is 22.4 Å². The molecular weight excluding hydrogens is 238 g/mol. The number of rotatable bonds is 1. The molecule has 0 spiro atoms. The van der Waals surface area contributed by atoms with Crippen molar-refractivity contribution in [3.63, 3.8) is 0 Å². The van der Waals surface area contributed by atoms with Gasteiger partial charge in [-0.2, -0.15) is 0 Å². The predicted octanol–water partition coefficient (Wildman–Crippen LogP) is 4.49. The Kier molecular flexibility index (Phi) is 3.35. The highest BCUT2D eigenvalue weighted by atomic mass is 79.9. The molecule has 0 bridgehead atoms. The molecule has 1 nitrogen and oxygen atoms in total. The molecule has 2 rings (SSSR count). The van der Waals surface area contributed by atoms with E-state index in [9.17, 15) is 0 Å². The van der Waals surface area contributed by atoms with E-state index in [-0.39, 0.29) is 0 Å². The van der Waals surface area contributed by atoms with E-state index >= 15 is 0 Å². The third kappa shape index (κ3) is 2.68. The minimum atomic E-state index is 1.09. The van der Waals surface area contributed by atoms with Crippen LogP contribution in [0.3, 0.4) is 0 Å². The summed E-state index contributed by atoms with van der Waals surface area (Å²) in [7, 11) is 0. The van der Waals surface area contributed by atoms with Crippen molar-refractivity contribution in [1.82, 2.24) is 0 Å². The number of halogens is 1. The zero-order valence-electron chi connectivity index (χ0n) is 8.17. The van der Waals surface area contributed by atoms with E-state index in [2.05, 4.69) is 33.1 Å². The highest BCUT2D eigenvalue weighted by Crippen LogP contribution is 2.21. The monoisotopic (exact) mass is 251 g/mol. The summed E-state index contributed by atoms with van der Waals surface area (Å²) in [6, 6.07) is 8.21. The molecule has 1 aliphatic rings. The minimum Gasteiger partial charge on any atom is -0.258 e. The molecule has 0 aliphatic heterocycles. The van der Waals surface area contributed by atoms with Crippen molar-refractivity contribution < 1.29 is 0 Å². The van der Waals surface area contributed by atoms with Crippen LogP contribution in [0.1, 0.15) is 32.1 Å². The molecule has 0 N–H and O–H groups in total. The van der Waals surface area contributed by atoms with Crippen molar-refractivity contribution >= 4 is 27.3 Å². The van der Waals surface area contributed by atoms with E-state index in [4.69, 9.17) is 0 Å². The van der Waals surface area contributed by atoms with Gasteiger partial charge in [0.25, 0.3) is 0 Å². The zero-order valence-corrected chi connectivity index (χ0v) is 9.76. The quantitative estimate of drug-likeness (QED) is 0.698. The van der Waals surface area contributed by atoms with Crippen LogP contribution in [0.15, 0.2) is 33.7 Å². The van der Waals surface area contributed by atoms with Gasteiger partial charge in [0.15, 0.2) is 0 Å². The Balaban J connectivity index is 2.11. The van der Waals surface area contributed by atoms with Crippen molar-refractivity contribution in [2.75, 3.05) is 0 Å². The van der Waals surface area contributed by atoms with E-state index < -0.39 is 0 Å². The molecule has 2 heteroatoms. The zero-order chi connectivity index (χ0) is 9.80. The molecule has 1 aromatic carbocycles. The van der Waals surface area contributed by atoms with Crippen LogP contribution < -0.4 is 0 Å². The molecule has 1 fully saturated rings. The van der Waals surface area contributed by atoms with Crippen LogP contribution >= 0.6 is 15.9 Å². The summed E-state index contributed by atoms with van der Waals surface area (Å²) in [5, 5.41) is 0. The molecule has 0 heterocycles. The Morgan fingerprint density at radius 3 is 2.21 bits per heavy atom. The predicted molar refractivity (Wildman–Crippen MR) is 64.3 cm³/mol. The first-order valence-electron chi connectivity index (χ1n) is 5.16. The van der Waals surface area contributed by atoms with Crippen molar-refractivity contribution in [3.05, 3.63) is 28.7 Å². The van der Waals surface area contributed by atoms with E-state index in [1.165, 1.54) is 37.8 Å². The molecule has 0 radical (unpaired) electrons. The highest BCUT2D eigenvalue weighted by molar-refractivity contribution is 9.10. The number of hydrogen-bond donors (Lipinski definition) is 0. The fourth-order valence-electron chi connectivity index (χ4n) is 1.77. The van der Waals surface area contributed by atoms with Gasteiger partial charge in [0.05, 0.1) is 5.69 Å². The van der Waals surface area contributed by atoms with Crippen LogP contribution in [0.5, 0.6) is 0 Å². The fourth-order valence-corrected chi connectivity index (χ4v) is 2.03. The van der Waals surface area contributed by atoms with Gasteiger partial charge in [-0.3, -0.25) is 4.99 Å². The third-order valence-corrected chi connectivity index (χ3v) is 3.07. The van der Waals surface area contributed by atoms with Crippen molar-refractivity contribution in [1.29, 1.82) is 0 Å². The third-order valence-electron chi connectivity index (χ3n) is 2.54. The molecular formula is C12H14BrN. The lowest BCUT2D eigenvalue weighted by Crippen LogP contribution is -2.03. The normalized spacial score (nSPS) is 16.8. The van der Waals surface area contributed by atoms with Gasteiger partial charge in [-0.05, 0) is 49.9 Å². The molecule has 0 atom stereocenters. The van der Waals surface area contributed by atoms with Gasteiger partial charge in [0.2, 0.25) is 0 Å². The number of benzene rings is 1. The number of aliphatic imine (C=N–C) groups is 1. The maximum atomic E-state index is 4.66. The van der Waals surface area contributed by atoms with Gasteiger partial charge < -0.3 is 0 Å². The summed E-state index contributed by atoms with van der Waals surface area (Å²) in [6.45, 7) is 0. The molecule has 1 saturated carbocycles. The van der Waals surface area contributed by atoms with Gasteiger partial charge in [0.1, 0.15) is 0 Å². The molecule has 0 amide bonds. The summed E-state index contributed by atoms with van der Waals surface area (Å²) in [4.78, 5) is 4.66. The SMILES string of the molecule is Brc1ccc(N=C2CCCCC2)cc1. The first-order valence-corrected chi connectivity index (χ1v) is 5.96. The van der Waals surface area contributed by atoms with Crippen molar-refractivity contribution in [2.24, 2.45) is 4.99 Å². The molecule has 0 unspecified atom stereocenters. The maximum absolute atomic E-state index is 4.66. The standard InChI is InChI=1S/C12H14BrN/c13-10-6-8-12(9-7-10)14-11-4-2-1-3-5-11/h6-9H,1-5H2. The Bertz CT molecular complexity index is 319. The van der Waals surface area contributed by atoms with Gasteiger partial charge in [0, 0.05) is 10.2 Å². The van der Waals surface area contributed by atoms with Crippen LogP contribution in [-0.2, 0) is 0 Å². The van der Waals surface area contributed by atoms with E-state index in [0.29, 0.717) is 0 Å². The lowest BCUT2D eigenvalue weighted by molar-refractivity contribution is 0.667. The Morgan fingerprint density at radius 2 is 1.57 bits per heavy atom. The summed E-state index contributed by atoms with van der Waals surface area (Å²) >= 11 is 3.42. The van der Waals surface area contributed by atoms with Crippen molar-refractivity contribution in [2.45, 2.75) is 32.1 Å². The summed E-state index contributed by atoms with van der Waals surface area (Å²) in [6.07, 6.45) is 6.39. The average Bonchev–Trinajstić information content (AvgIpc) is 2.23. The second-order valence-electron chi connectivity index (χ2n) is 3.72. The highest BCUT2D eigenvalue weighted by Gasteiger charge is 2.06. The van der Waals surface area contributed by atoms with Crippen LogP contribution in [0.25, 0.3) is 0 Å². The van der Waals surface area contributed by atoms with E-state index in [1.54, 1.807) is 0 Å². The van der Waals surface area contributed by atoms with Crippen molar-refractivity contribution in [3.8, 4) is 0 Å². The lowest BCUT2D eigenvalue weighted by Gasteiger charge is -2.11. The summed E-state index contributed by atoms with van der Waals surface area (Å²) < 4.78 is 1.12. The summed E-state index contributed by atoms with van der Waals surface area (Å²) in [5.74, 6) is 0. The molecule has 0 aromatic heterocycles. The van der Waals surface area contributed by atoms with Crippen LogP contribution in [0.2, 0.25) is 0 Å². The number of nitrogens with zero attached hydrogens (tertiary/aromatic N) is 1. The van der Waals surface area contributed by atoms with Gasteiger partial charge in [-0.15, -0.1) is 0 Å². The Labute approximate surface area is 93.4 Å². The van der Waals surface area contributed by atoms with Crippen LogP contribution in [-0.4, -0.2) is 5.71 Å². The maximum Gasteiger partial charge on any atom is 0.0629 e. The lowest BCUT2D eigenvalue weighted by atomic mass is 9.98. The first-order chi connectivity index (χ1) is 6.84. The molecule has 1 aliphatic carbocycles. The smallest absolute Gasteiger partial charge is 0.0629 e. The minimum absolute atomic E-state index is 1.09. The molecule has 1 aromatic rings. The molecule has 14 heavy (non-hydrogen) atoms. The molecule has 0 saturated heterocycles. The van der Waals surface area contributed by atoms with Crippen LogP contribution in [0, 0.1) is 0 Å². The largest absolute Gasteiger partial charge is 0.258 e. The van der Waals surface area contributed by atoms with E-state index in [0.717, 1.165) is 10.2 Å². The number of hydrogen-bond acceptors (Lipinski definition) is 1. The second-order valence-corrected chi connectivity index (χ2v) is 4.63. The average molecular weight is 252 g/mol. The topological polar surface area (TPSA) is 12.4 Å². The summed E-state index contributed by atoms with van der Waals surface area (Å²) in [5.41, 5.74) is 2.46. The first kappa shape index (κ1) is 9.91. The Morgan fingerprint density at radius 1 is 0.929 bits per heavy atom. The Hall–Kier alpha value is -0.630. The van der Waals surface area contributed by atoms with E-state index in [1.807, 2.05) is 12.1 Å². The fraction of sp³-hybridized carbons (Fsp3) is 0.417. The molecule has 74 valence electrons. The van der Waals surface area contributed by atoms with Gasteiger partial charge >= 0.3 is 0 Å². The second kappa shape index (κ2) is 4.74.